The summed E-state index contributed by atoms with van der Waals surface area (Å²) in [7, 11) is -2.52. The number of hydrogen-bond acceptors (Lipinski definition) is 4. The largest absolute Gasteiger partial charge is 0.463 e. The molecule has 0 radical (unpaired) electrons. The van der Waals surface area contributed by atoms with Gasteiger partial charge in [0.15, 0.2) is 5.11 Å². The molecule has 4 aromatic rings. The van der Waals surface area contributed by atoms with E-state index in [0.717, 1.165) is 27.2 Å². The fraction of sp³-hybridized carbons (Fsp3) is 0.125. The van der Waals surface area contributed by atoms with E-state index in [-0.39, 0.29) is 12.6 Å². The standard InChI is InChI=1S/C32H30N3O2PS/c1-3-37-31(36)29-23(2)33-32(39)34-30(29)27-21-13-14-22-28(27)35-38(24-15-7-4-8-16-24,25-17-9-5-10-18-25)26-19-11-6-12-20-26/h4-22,30H,3H2,1-2H3,(H2,33,34,39). The van der Waals surface area contributed by atoms with Gasteiger partial charge in [0.25, 0.3) is 0 Å². The quantitative estimate of drug-likeness (QED) is 0.171. The zero-order chi connectivity index (χ0) is 27.2. The van der Waals surface area contributed by atoms with E-state index in [9.17, 15) is 4.79 Å². The first-order valence-corrected chi connectivity index (χ1v) is 15.0. The Hall–Kier alpha value is -3.99. The molecule has 0 spiro atoms. The first-order valence-electron chi connectivity index (χ1n) is 12.9. The summed E-state index contributed by atoms with van der Waals surface area (Å²) in [5.41, 5.74) is 2.82. The smallest absolute Gasteiger partial charge is 0.338 e. The average molecular weight is 552 g/mol. The van der Waals surface area contributed by atoms with Gasteiger partial charge < -0.3 is 15.4 Å². The Balaban J connectivity index is 1.83. The molecular formula is C32H30N3O2PS. The van der Waals surface area contributed by atoms with Crippen molar-refractivity contribution in [3.8, 4) is 0 Å². The van der Waals surface area contributed by atoms with Crippen LogP contribution in [0.5, 0.6) is 0 Å². The number of esters is 1. The van der Waals surface area contributed by atoms with Crippen molar-refractivity contribution in [2.24, 2.45) is 4.74 Å². The van der Waals surface area contributed by atoms with Gasteiger partial charge in [-0.1, -0.05) is 109 Å². The van der Waals surface area contributed by atoms with Crippen LogP contribution in [0.1, 0.15) is 25.5 Å². The SMILES string of the molecule is CCOC(=O)C1=C(C)NC(=S)NC1c1ccccc1N=P(c1ccccc1)(c1ccccc1)c1ccccc1. The molecule has 39 heavy (non-hydrogen) atoms. The molecule has 1 aliphatic rings. The van der Waals surface area contributed by atoms with Crippen LogP contribution in [-0.2, 0) is 9.53 Å². The lowest BCUT2D eigenvalue weighted by atomic mass is 9.94. The van der Waals surface area contributed by atoms with E-state index >= 15 is 0 Å². The van der Waals surface area contributed by atoms with Gasteiger partial charge >= 0.3 is 5.97 Å². The van der Waals surface area contributed by atoms with Gasteiger partial charge in [-0.15, -0.1) is 0 Å². The van der Waals surface area contributed by atoms with E-state index in [0.29, 0.717) is 16.4 Å². The Kier molecular flexibility index (Phi) is 8.06. The highest BCUT2D eigenvalue weighted by Gasteiger charge is 2.33. The normalized spacial score (nSPS) is 15.2. The van der Waals surface area contributed by atoms with Gasteiger partial charge in [0, 0.05) is 27.2 Å². The molecule has 0 saturated carbocycles. The molecular weight excluding hydrogens is 521 g/mol. The fourth-order valence-corrected chi connectivity index (χ4v) is 8.77. The number of hydrogen-bond donors (Lipinski definition) is 2. The highest BCUT2D eigenvalue weighted by Crippen LogP contribution is 2.50. The second-order valence-electron chi connectivity index (χ2n) is 9.09. The van der Waals surface area contributed by atoms with Crippen LogP contribution in [0.4, 0.5) is 5.69 Å². The van der Waals surface area contributed by atoms with Crippen molar-refractivity contribution in [1.82, 2.24) is 10.6 Å². The number of carbonyl (C=O) groups is 1. The van der Waals surface area contributed by atoms with Gasteiger partial charge in [0.1, 0.15) is 0 Å². The maximum atomic E-state index is 13.1. The monoisotopic (exact) mass is 551 g/mol. The second-order valence-corrected chi connectivity index (χ2v) is 12.5. The Morgan fingerprint density at radius 1 is 0.821 bits per heavy atom. The topological polar surface area (TPSA) is 62.7 Å². The Morgan fingerprint density at radius 3 is 1.82 bits per heavy atom. The number of allylic oxidation sites excluding steroid dienone is 1. The molecule has 1 unspecified atom stereocenters. The number of thiocarbonyl (C=S) groups is 1. The average Bonchev–Trinajstić information content (AvgIpc) is 2.97. The molecule has 0 bridgehead atoms. The molecule has 5 nitrogen and oxygen atoms in total. The molecule has 196 valence electrons. The van der Waals surface area contributed by atoms with Gasteiger partial charge in [-0.2, -0.15) is 0 Å². The third kappa shape index (κ3) is 5.31. The number of nitrogens with zero attached hydrogens (tertiary/aromatic N) is 1. The summed E-state index contributed by atoms with van der Waals surface area (Å²) < 4.78 is 11.1. The summed E-state index contributed by atoms with van der Waals surface area (Å²) in [6.45, 7) is 3.93. The predicted octanol–water partition coefficient (Wildman–Crippen LogP) is 5.85. The zero-order valence-electron chi connectivity index (χ0n) is 21.9. The van der Waals surface area contributed by atoms with E-state index in [1.54, 1.807) is 6.92 Å². The predicted molar refractivity (Wildman–Crippen MR) is 165 cm³/mol. The number of nitrogens with one attached hydrogen (secondary N) is 2. The Labute approximate surface area is 235 Å². The molecule has 1 heterocycles. The molecule has 5 rings (SSSR count). The lowest BCUT2D eigenvalue weighted by Gasteiger charge is -2.31. The lowest BCUT2D eigenvalue weighted by molar-refractivity contribution is -0.139. The summed E-state index contributed by atoms with van der Waals surface area (Å²) in [5.74, 6) is -0.382. The van der Waals surface area contributed by atoms with Crippen LogP contribution in [-0.4, -0.2) is 17.7 Å². The van der Waals surface area contributed by atoms with Crippen molar-refractivity contribution in [1.29, 1.82) is 0 Å². The molecule has 0 fully saturated rings. The van der Waals surface area contributed by atoms with Crippen molar-refractivity contribution in [2.45, 2.75) is 19.9 Å². The Bertz CT molecular complexity index is 1470. The summed E-state index contributed by atoms with van der Waals surface area (Å²) in [5, 5.41) is 10.3. The van der Waals surface area contributed by atoms with E-state index in [1.807, 2.05) is 49.4 Å². The van der Waals surface area contributed by atoms with Crippen LogP contribution in [0.15, 0.2) is 131 Å². The molecule has 7 heteroatoms. The second kappa shape index (κ2) is 11.8. The molecule has 0 aliphatic carbocycles. The third-order valence-electron chi connectivity index (χ3n) is 6.66. The minimum atomic E-state index is -2.52. The highest BCUT2D eigenvalue weighted by molar-refractivity contribution is 7.87. The maximum absolute atomic E-state index is 13.1. The number of rotatable bonds is 7. The molecule has 2 N–H and O–H groups in total. The Morgan fingerprint density at radius 2 is 1.31 bits per heavy atom. The first-order chi connectivity index (χ1) is 19.0. The number of carbonyl (C=O) groups excluding carboxylic acids is 1. The molecule has 1 atom stereocenters. The number of ether oxygens (including phenoxy) is 1. The number of benzene rings is 4. The van der Waals surface area contributed by atoms with Gasteiger partial charge in [-0.25, -0.2) is 4.79 Å². The van der Waals surface area contributed by atoms with Crippen LogP contribution in [0, 0.1) is 0 Å². The first kappa shape index (κ1) is 26.6. The summed E-state index contributed by atoms with van der Waals surface area (Å²) in [6, 6.07) is 38.9. The summed E-state index contributed by atoms with van der Waals surface area (Å²) in [6.07, 6.45) is 0. The van der Waals surface area contributed by atoms with Crippen LogP contribution < -0.4 is 26.5 Å². The van der Waals surface area contributed by atoms with Gasteiger partial charge in [0.05, 0.1) is 31.0 Å². The maximum Gasteiger partial charge on any atom is 0.338 e. The lowest BCUT2D eigenvalue weighted by Crippen LogP contribution is -2.45. The highest BCUT2D eigenvalue weighted by atomic mass is 32.1. The van der Waals surface area contributed by atoms with Crippen molar-refractivity contribution in [2.75, 3.05) is 6.61 Å². The van der Waals surface area contributed by atoms with Gasteiger partial charge in [-0.05, 0) is 32.1 Å². The van der Waals surface area contributed by atoms with Crippen LogP contribution >= 0.6 is 19.3 Å². The molecule has 1 aliphatic heterocycles. The van der Waals surface area contributed by atoms with Gasteiger partial charge in [0.2, 0.25) is 0 Å². The molecule has 4 aromatic carbocycles. The van der Waals surface area contributed by atoms with E-state index in [2.05, 4.69) is 83.4 Å². The van der Waals surface area contributed by atoms with Crippen LogP contribution in [0.2, 0.25) is 0 Å². The van der Waals surface area contributed by atoms with Crippen molar-refractivity contribution < 1.29 is 9.53 Å². The fourth-order valence-electron chi connectivity index (χ4n) is 4.94. The van der Waals surface area contributed by atoms with Crippen molar-refractivity contribution in [3.05, 3.63) is 132 Å². The van der Waals surface area contributed by atoms with E-state index in [1.165, 1.54) is 0 Å². The van der Waals surface area contributed by atoms with Gasteiger partial charge in [-0.3, -0.25) is 4.74 Å². The minimum absolute atomic E-state index is 0.281. The summed E-state index contributed by atoms with van der Waals surface area (Å²) >= 11 is 5.51. The molecule has 0 amide bonds. The zero-order valence-corrected chi connectivity index (χ0v) is 23.6. The van der Waals surface area contributed by atoms with Crippen molar-refractivity contribution >= 4 is 52.0 Å². The third-order valence-corrected chi connectivity index (χ3v) is 10.5. The van der Waals surface area contributed by atoms with E-state index in [4.69, 9.17) is 21.7 Å². The molecule has 0 aromatic heterocycles. The molecule has 0 saturated heterocycles. The minimum Gasteiger partial charge on any atom is -0.463 e. The van der Waals surface area contributed by atoms with Crippen molar-refractivity contribution in [3.63, 3.8) is 0 Å². The van der Waals surface area contributed by atoms with E-state index < -0.39 is 13.1 Å². The van der Waals surface area contributed by atoms with Crippen LogP contribution in [0.25, 0.3) is 0 Å². The van der Waals surface area contributed by atoms with Crippen LogP contribution in [0.3, 0.4) is 0 Å². The summed E-state index contributed by atoms with van der Waals surface area (Å²) in [4.78, 5) is 13.1.